The first kappa shape index (κ1) is 22.8. The topological polar surface area (TPSA) is 80.0 Å². The molecule has 6 nitrogen and oxygen atoms in total. The number of nitrogens with one attached hydrogen (secondary N) is 1. The molecule has 0 fully saturated rings. The zero-order chi connectivity index (χ0) is 21.6. The van der Waals surface area contributed by atoms with Gasteiger partial charge in [0.05, 0.1) is 11.7 Å². The van der Waals surface area contributed by atoms with Gasteiger partial charge in [0.1, 0.15) is 0 Å². The van der Waals surface area contributed by atoms with Crippen molar-refractivity contribution in [3.05, 3.63) is 58.5 Å². The number of aliphatic carboxylic acids is 1. The van der Waals surface area contributed by atoms with Crippen molar-refractivity contribution >= 4 is 32.8 Å². The summed E-state index contributed by atoms with van der Waals surface area (Å²) >= 11 is 3.58. The third kappa shape index (κ3) is 7.13. The monoisotopic (exact) mass is 472 g/mol. The van der Waals surface area contributed by atoms with E-state index in [1.165, 1.54) is 11.1 Å². The van der Waals surface area contributed by atoms with Gasteiger partial charge in [0, 0.05) is 41.9 Å². The van der Waals surface area contributed by atoms with Crippen molar-refractivity contribution in [2.75, 3.05) is 0 Å². The number of hydrogen-bond donors (Lipinski definition) is 2. The summed E-state index contributed by atoms with van der Waals surface area (Å²) in [7, 11) is 1.95. The van der Waals surface area contributed by atoms with E-state index in [2.05, 4.69) is 62.6 Å². The van der Waals surface area contributed by atoms with E-state index in [1.54, 1.807) is 0 Å². The van der Waals surface area contributed by atoms with Gasteiger partial charge in [-0.2, -0.15) is 18.3 Å². The molecule has 3 aromatic rings. The second kappa shape index (κ2) is 9.84. The van der Waals surface area contributed by atoms with Crippen LogP contribution in [0.1, 0.15) is 18.1 Å². The van der Waals surface area contributed by atoms with E-state index in [0.717, 1.165) is 28.3 Å². The Morgan fingerprint density at radius 1 is 1.38 bits per heavy atom. The molecule has 2 heterocycles. The Kier molecular flexibility index (Phi) is 7.74. The number of fused-ring (bicyclic) bond motifs is 1. The van der Waals surface area contributed by atoms with Gasteiger partial charge in [-0.3, -0.25) is 9.67 Å². The van der Waals surface area contributed by atoms with Gasteiger partial charge in [-0.15, -0.1) is 0 Å². The molecule has 1 unspecified atom stereocenters. The average molecular weight is 473 g/mol. The molecule has 0 saturated heterocycles. The number of halogens is 4. The van der Waals surface area contributed by atoms with Crippen molar-refractivity contribution in [1.82, 2.24) is 20.1 Å². The first-order chi connectivity index (χ1) is 13.6. The zero-order valence-corrected chi connectivity index (χ0v) is 17.3. The molecule has 0 aliphatic rings. The number of carboxylic acid groups (broad SMARTS) is 1. The van der Waals surface area contributed by atoms with Gasteiger partial charge in [0.25, 0.3) is 0 Å². The van der Waals surface area contributed by atoms with E-state index in [4.69, 9.17) is 9.90 Å². The molecule has 3 rings (SSSR count). The lowest BCUT2D eigenvalue weighted by atomic mass is 10.1. The van der Waals surface area contributed by atoms with Gasteiger partial charge >= 0.3 is 12.1 Å². The number of pyridine rings is 1. The van der Waals surface area contributed by atoms with Crippen LogP contribution in [-0.2, 0) is 24.8 Å². The highest BCUT2D eigenvalue weighted by molar-refractivity contribution is 9.10. The molecule has 0 radical (unpaired) electrons. The Morgan fingerprint density at radius 3 is 2.66 bits per heavy atom. The Bertz CT molecular complexity index is 975. The molecule has 0 spiro atoms. The van der Waals surface area contributed by atoms with Crippen LogP contribution >= 0.6 is 15.9 Å². The van der Waals surface area contributed by atoms with Gasteiger partial charge in [-0.05, 0) is 42.7 Å². The highest BCUT2D eigenvalue weighted by atomic mass is 79.9. The Hall–Kier alpha value is -2.46. The Labute approximate surface area is 173 Å². The summed E-state index contributed by atoms with van der Waals surface area (Å²) in [6, 6.07) is 8.68. The maximum absolute atomic E-state index is 10.6. The molecule has 0 aliphatic carbocycles. The van der Waals surface area contributed by atoms with Crippen LogP contribution < -0.4 is 5.32 Å². The number of benzene rings is 1. The number of carboxylic acids is 1. The SMILES string of the molecule is CC(Cc1cnn(C)c1)NCc1cc(Br)cc2cccnc12.O=C(O)C(F)(F)F. The fourth-order valence-electron chi connectivity index (χ4n) is 2.65. The predicted octanol–water partition coefficient (Wildman–Crippen LogP) is 4.08. The summed E-state index contributed by atoms with van der Waals surface area (Å²) in [5.41, 5.74) is 3.52. The van der Waals surface area contributed by atoms with E-state index >= 15 is 0 Å². The maximum Gasteiger partial charge on any atom is 0.490 e. The number of aryl methyl sites for hydroxylation is 1. The lowest BCUT2D eigenvalue weighted by molar-refractivity contribution is -0.192. The Balaban J connectivity index is 0.000000370. The predicted molar refractivity (Wildman–Crippen MR) is 106 cm³/mol. The lowest BCUT2D eigenvalue weighted by Crippen LogP contribution is -2.27. The number of alkyl halides is 3. The van der Waals surface area contributed by atoms with Crippen LogP contribution in [0.3, 0.4) is 0 Å². The molecule has 10 heteroatoms. The summed E-state index contributed by atoms with van der Waals surface area (Å²) in [5.74, 6) is -2.76. The van der Waals surface area contributed by atoms with Crippen LogP contribution in [0.2, 0.25) is 0 Å². The lowest BCUT2D eigenvalue weighted by Gasteiger charge is -2.14. The van der Waals surface area contributed by atoms with Crippen LogP contribution in [-0.4, -0.2) is 38.1 Å². The highest BCUT2D eigenvalue weighted by Crippen LogP contribution is 2.22. The number of aromatic nitrogens is 3. The Morgan fingerprint density at radius 2 is 2.07 bits per heavy atom. The van der Waals surface area contributed by atoms with E-state index in [0.29, 0.717) is 6.04 Å². The molecule has 2 N–H and O–H groups in total. The molecule has 0 bridgehead atoms. The second-order valence-corrected chi connectivity index (χ2v) is 7.37. The quantitative estimate of drug-likeness (QED) is 0.584. The summed E-state index contributed by atoms with van der Waals surface area (Å²) in [6.45, 7) is 3.00. The molecule has 0 saturated carbocycles. The number of hydrogen-bond acceptors (Lipinski definition) is 4. The molecular formula is C19H20BrF3N4O2. The van der Waals surface area contributed by atoms with Crippen molar-refractivity contribution in [1.29, 1.82) is 0 Å². The summed E-state index contributed by atoms with van der Waals surface area (Å²) < 4.78 is 34.7. The van der Waals surface area contributed by atoms with E-state index in [9.17, 15) is 13.2 Å². The molecular weight excluding hydrogens is 453 g/mol. The molecule has 0 aliphatic heterocycles. The third-order valence-electron chi connectivity index (χ3n) is 3.93. The fraction of sp³-hybridized carbons (Fsp3) is 0.316. The van der Waals surface area contributed by atoms with Crippen LogP contribution in [0, 0.1) is 0 Å². The van der Waals surface area contributed by atoms with Crippen molar-refractivity contribution in [3.8, 4) is 0 Å². The largest absolute Gasteiger partial charge is 0.490 e. The van der Waals surface area contributed by atoms with Crippen LogP contribution in [0.5, 0.6) is 0 Å². The van der Waals surface area contributed by atoms with Crippen LogP contribution in [0.4, 0.5) is 13.2 Å². The smallest absolute Gasteiger partial charge is 0.475 e. The third-order valence-corrected chi connectivity index (χ3v) is 4.39. The minimum absolute atomic E-state index is 0.377. The van der Waals surface area contributed by atoms with E-state index < -0.39 is 12.1 Å². The average Bonchev–Trinajstić information content (AvgIpc) is 3.04. The van der Waals surface area contributed by atoms with Gasteiger partial charge < -0.3 is 10.4 Å². The zero-order valence-electron chi connectivity index (χ0n) is 15.7. The van der Waals surface area contributed by atoms with Crippen molar-refractivity contribution in [3.63, 3.8) is 0 Å². The first-order valence-electron chi connectivity index (χ1n) is 8.60. The maximum atomic E-state index is 10.6. The number of nitrogens with zero attached hydrogens (tertiary/aromatic N) is 3. The van der Waals surface area contributed by atoms with Gasteiger partial charge in [-0.25, -0.2) is 4.79 Å². The van der Waals surface area contributed by atoms with Crippen molar-refractivity contribution in [2.24, 2.45) is 7.05 Å². The van der Waals surface area contributed by atoms with Crippen LogP contribution in [0.25, 0.3) is 10.9 Å². The van der Waals surface area contributed by atoms with E-state index in [1.807, 2.05) is 30.2 Å². The number of rotatable bonds is 5. The molecule has 1 atom stereocenters. The standard InChI is InChI=1S/C17H19BrN4.C2HF3O2/c1-12(6-13-9-21-22(2)11-13)20-10-15-8-16(18)7-14-4-3-5-19-17(14)15;3-2(4,5)1(6)7/h3-5,7-9,11-12,20H,6,10H2,1-2H3;(H,6,7). The fourth-order valence-corrected chi connectivity index (χ4v) is 3.17. The normalized spacial score (nSPS) is 12.3. The molecule has 2 aromatic heterocycles. The van der Waals surface area contributed by atoms with Crippen molar-refractivity contribution in [2.45, 2.75) is 32.1 Å². The molecule has 156 valence electrons. The second-order valence-electron chi connectivity index (χ2n) is 6.45. The minimum Gasteiger partial charge on any atom is -0.475 e. The summed E-state index contributed by atoms with van der Waals surface area (Å²) in [4.78, 5) is 13.4. The highest BCUT2D eigenvalue weighted by Gasteiger charge is 2.38. The molecule has 0 amide bonds. The van der Waals surface area contributed by atoms with Crippen LogP contribution in [0.15, 0.2) is 47.3 Å². The minimum atomic E-state index is -5.08. The van der Waals surface area contributed by atoms with E-state index in [-0.39, 0.29) is 0 Å². The molecule has 1 aromatic carbocycles. The molecule has 29 heavy (non-hydrogen) atoms. The van der Waals surface area contributed by atoms with Gasteiger partial charge in [-0.1, -0.05) is 22.0 Å². The number of carbonyl (C=O) groups is 1. The summed E-state index contributed by atoms with van der Waals surface area (Å²) in [6.07, 6.45) is 1.72. The van der Waals surface area contributed by atoms with Crippen molar-refractivity contribution < 1.29 is 23.1 Å². The van der Waals surface area contributed by atoms with Gasteiger partial charge in [0.2, 0.25) is 0 Å². The summed E-state index contributed by atoms with van der Waals surface area (Å²) in [5, 5.41) is 16.1. The first-order valence-corrected chi connectivity index (χ1v) is 9.39. The van der Waals surface area contributed by atoms with Gasteiger partial charge in [0.15, 0.2) is 0 Å².